The van der Waals surface area contributed by atoms with Gasteiger partial charge in [-0.1, -0.05) is 42.3 Å². The van der Waals surface area contributed by atoms with Crippen LogP contribution >= 0.6 is 23.2 Å². The first kappa shape index (κ1) is 29.2. The molecule has 2 N–H and O–H groups in total. The zero-order valence-electron chi connectivity index (χ0n) is 25.3. The van der Waals surface area contributed by atoms with Crippen molar-refractivity contribution in [2.45, 2.75) is 51.9 Å². The summed E-state index contributed by atoms with van der Waals surface area (Å²) in [7, 11) is 5.67. The van der Waals surface area contributed by atoms with Crippen molar-refractivity contribution in [2.75, 3.05) is 36.3 Å². The van der Waals surface area contributed by atoms with E-state index in [9.17, 15) is 9.59 Å². The summed E-state index contributed by atoms with van der Waals surface area (Å²) in [5.41, 5.74) is 5.15. The number of ether oxygens (including phenoxy) is 1. The summed E-state index contributed by atoms with van der Waals surface area (Å²) >= 11 is 12.9. The minimum atomic E-state index is -1.50. The van der Waals surface area contributed by atoms with Crippen molar-refractivity contribution in [3.8, 4) is 5.75 Å². The number of amides is 2. The average molecular weight is 621 g/mol. The van der Waals surface area contributed by atoms with Crippen LogP contribution in [0, 0.1) is 6.92 Å². The minimum Gasteiger partial charge on any atom is -0.496 e. The number of carbonyl (C=O) groups is 2. The molecule has 2 atom stereocenters. The molecule has 1 spiro atoms. The van der Waals surface area contributed by atoms with Gasteiger partial charge in [-0.3, -0.25) is 14.5 Å². The fraction of sp³-hybridized carbons (Fsp3) is 0.333. The van der Waals surface area contributed by atoms with Gasteiger partial charge in [0.25, 0.3) is 11.8 Å². The molecule has 6 rings (SSSR count). The fourth-order valence-corrected chi connectivity index (χ4v) is 7.12. The number of aryl methyl sites for hydroxylation is 2. The standard InChI is InChI=1S/C33H35Cl2N5O3/c1-8-19-13-22(27(43-7)16-26(19)38(5)6)30-37-28-29(39(30)17(2)3)33(23-12-11-20(34)14-24(23)36-32(33)42)40(31(28)41)25-15-21(35)10-9-18(25)4/h9-17,30,37H,8H2,1-7H3,(H,36,42). The monoisotopic (exact) mass is 619 g/mol. The molecule has 2 amide bonds. The van der Waals surface area contributed by atoms with Gasteiger partial charge in [0, 0.05) is 58.8 Å². The second kappa shape index (κ2) is 10.4. The van der Waals surface area contributed by atoms with Crippen LogP contribution < -0.4 is 25.2 Å². The van der Waals surface area contributed by atoms with Crippen LogP contribution in [-0.4, -0.2) is 44.0 Å². The number of benzene rings is 3. The topological polar surface area (TPSA) is 77.2 Å². The number of rotatable bonds is 6. The van der Waals surface area contributed by atoms with Crippen LogP contribution in [-0.2, 0) is 21.5 Å². The molecule has 3 aromatic rings. The quantitative estimate of drug-likeness (QED) is 0.334. The van der Waals surface area contributed by atoms with Crippen LogP contribution in [0.3, 0.4) is 0 Å². The Morgan fingerprint density at radius 3 is 2.40 bits per heavy atom. The summed E-state index contributed by atoms with van der Waals surface area (Å²) in [6.45, 7) is 8.15. The SMILES string of the molecule is CCc1cc(C2NC3=C(N2C(C)C)C2(C(=O)Nc4cc(Cl)ccc42)N(c2cc(Cl)ccc2C)C3=O)c(OC)cc1N(C)C. The summed E-state index contributed by atoms with van der Waals surface area (Å²) in [5, 5.41) is 7.55. The molecule has 43 heavy (non-hydrogen) atoms. The van der Waals surface area contributed by atoms with Crippen LogP contribution in [0.25, 0.3) is 0 Å². The average Bonchev–Trinajstić information content (AvgIpc) is 3.57. The zero-order valence-corrected chi connectivity index (χ0v) is 26.8. The minimum absolute atomic E-state index is 0.109. The highest BCUT2D eigenvalue weighted by atomic mass is 35.5. The molecule has 3 aromatic carbocycles. The van der Waals surface area contributed by atoms with Gasteiger partial charge in [0.1, 0.15) is 17.6 Å². The largest absolute Gasteiger partial charge is 0.496 e. The maximum atomic E-state index is 14.7. The Hall–Kier alpha value is -3.88. The zero-order chi connectivity index (χ0) is 31.0. The van der Waals surface area contributed by atoms with Crippen molar-refractivity contribution in [1.29, 1.82) is 0 Å². The summed E-state index contributed by atoms with van der Waals surface area (Å²) in [5.74, 6) is 0.0446. The van der Waals surface area contributed by atoms with E-state index < -0.39 is 11.7 Å². The summed E-state index contributed by atoms with van der Waals surface area (Å²) < 4.78 is 5.94. The molecule has 3 aliphatic rings. The Balaban J connectivity index is 1.62. The van der Waals surface area contributed by atoms with Gasteiger partial charge in [-0.05, 0) is 68.7 Å². The van der Waals surface area contributed by atoms with Crippen LogP contribution in [0.2, 0.25) is 10.0 Å². The van der Waals surface area contributed by atoms with E-state index in [0.29, 0.717) is 44.1 Å². The molecule has 3 heterocycles. The summed E-state index contributed by atoms with van der Waals surface area (Å²) in [6.07, 6.45) is 0.349. The van der Waals surface area contributed by atoms with Crippen molar-refractivity contribution in [3.05, 3.63) is 92.2 Å². The third kappa shape index (κ3) is 4.10. The van der Waals surface area contributed by atoms with Crippen molar-refractivity contribution in [1.82, 2.24) is 10.2 Å². The predicted molar refractivity (Wildman–Crippen MR) is 172 cm³/mol. The second-order valence-electron chi connectivity index (χ2n) is 11.7. The van der Waals surface area contributed by atoms with Gasteiger partial charge in [-0.2, -0.15) is 0 Å². The maximum Gasteiger partial charge on any atom is 0.277 e. The summed E-state index contributed by atoms with van der Waals surface area (Å²) in [4.78, 5) is 35.0. The van der Waals surface area contributed by atoms with E-state index in [1.54, 1.807) is 36.3 Å². The van der Waals surface area contributed by atoms with Crippen molar-refractivity contribution >= 4 is 52.1 Å². The molecule has 0 saturated heterocycles. The highest BCUT2D eigenvalue weighted by Gasteiger charge is 2.67. The third-order valence-corrected chi connectivity index (χ3v) is 9.12. The number of anilines is 3. The Labute approximate surface area is 262 Å². The van der Waals surface area contributed by atoms with Crippen LogP contribution in [0.15, 0.2) is 59.9 Å². The molecule has 0 aromatic heterocycles. The molecule has 224 valence electrons. The Morgan fingerprint density at radius 2 is 1.74 bits per heavy atom. The predicted octanol–water partition coefficient (Wildman–Crippen LogP) is 6.36. The van der Waals surface area contributed by atoms with E-state index >= 15 is 0 Å². The van der Waals surface area contributed by atoms with E-state index in [1.807, 2.05) is 39.2 Å². The summed E-state index contributed by atoms with van der Waals surface area (Å²) in [6, 6.07) is 14.8. The number of nitrogens with one attached hydrogen (secondary N) is 2. The lowest BCUT2D eigenvalue weighted by molar-refractivity contribution is -0.123. The van der Waals surface area contributed by atoms with Crippen LogP contribution in [0.1, 0.15) is 49.2 Å². The first-order valence-corrected chi connectivity index (χ1v) is 15.1. The van der Waals surface area contributed by atoms with E-state index in [-0.39, 0.29) is 17.9 Å². The van der Waals surface area contributed by atoms with Gasteiger partial charge in [0.05, 0.1) is 18.5 Å². The third-order valence-electron chi connectivity index (χ3n) is 8.65. The number of carbonyl (C=O) groups excluding carboxylic acids is 2. The number of hydrogen-bond donors (Lipinski definition) is 2. The molecule has 2 unspecified atom stereocenters. The van der Waals surface area contributed by atoms with Gasteiger partial charge in [-0.15, -0.1) is 0 Å². The highest BCUT2D eigenvalue weighted by molar-refractivity contribution is 6.32. The lowest BCUT2D eigenvalue weighted by Crippen LogP contribution is -2.56. The van der Waals surface area contributed by atoms with Gasteiger partial charge in [-0.25, -0.2) is 0 Å². The highest BCUT2D eigenvalue weighted by Crippen LogP contribution is 2.58. The molecule has 0 bridgehead atoms. The van der Waals surface area contributed by atoms with Gasteiger partial charge in [0.15, 0.2) is 5.54 Å². The molecule has 8 nitrogen and oxygen atoms in total. The number of hydrogen-bond acceptors (Lipinski definition) is 6. The number of nitrogens with zero attached hydrogens (tertiary/aromatic N) is 3. The fourth-order valence-electron chi connectivity index (χ4n) is 6.78. The maximum absolute atomic E-state index is 14.7. The van der Waals surface area contributed by atoms with E-state index in [1.165, 1.54) is 0 Å². The number of fused-ring (bicyclic) bond motifs is 3. The second-order valence-corrected chi connectivity index (χ2v) is 12.5. The molecule has 0 saturated carbocycles. The van der Waals surface area contributed by atoms with Gasteiger partial charge < -0.3 is 25.2 Å². The molecular formula is C33H35Cl2N5O3. The van der Waals surface area contributed by atoms with Crippen molar-refractivity contribution in [2.24, 2.45) is 0 Å². The van der Waals surface area contributed by atoms with Crippen molar-refractivity contribution in [3.63, 3.8) is 0 Å². The van der Waals surface area contributed by atoms with Gasteiger partial charge in [0.2, 0.25) is 0 Å². The lowest BCUT2D eigenvalue weighted by atomic mass is 9.85. The molecule has 10 heteroatoms. The van der Waals surface area contributed by atoms with E-state index in [2.05, 4.69) is 47.3 Å². The molecule has 0 aliphatic carbocycles. The molecule has 0 fully saturated rings. The van der Waals surface area contributed by atoms with E-state index in [4.69, 9.17) is 27.9 Å². The molecular weight excluding hydrogens is 585 g/mol. The van der Waals surface area contributed by atoms with Crippen LogP contribution in [0.4, 0.5) is 17.1 Å². The lowest BCUT2D eigenvalue weighted by Gasteiger charge is -2.43. The molecule has 3 aliphatic heterocycles. The Bertz CT molecular complexity index is 1720. The van der Waals surface area contributed by atoms with Crippen molar-refractivity contribution < 1.29 is 14.3 Å². The molecule has 0 radical (unpaired) electrons. The number of halogens is 2. The Kier molecular flexibility index (Phi) is 7.05. The Morgan fingerprint density at radius 1 is 1.05 bits per heavy atom. The number of methoxy groups -OCH3 is 1. The van der Waals surface area contributed by atoms with Crippen LogP contribution in [0.5, 0.6) is 5.75 Å². The van der Waals surface area contributed by atoms with Gasteiger partial charge >= 0.3 is 0 Å². The first-order valence-electron chi connectivity index (χ1n) is 14.4. The smallest absolute Gasteiger partial charge is 0.277 e. The first-order chi connectivity index (χ1) is 20.4. The normalized spacial score (nSPS) is 20.7. The van der Waals surface area contributed by atoms with E-state index in [0.717, 1.165) is 28.8 Å².